The largest absolute Gasteiger partial charge is 0.488 e. The van der Waals surface area contributed by atoms with Crippen molar-refractivity contribution in [1.82, 2.24) is 14.8 Å². The Balaban J connectivity index is 1.55. The van der Waals surface area contributed by atoms with Gasteiger partial charge in [0.1, 0.15) is 6.61 Å². The summed E-state index contributed by atoms with van der Waals surface area (Å²) in [6.45, 7) is 10.2. The number of hydrogen-bond donors (Lipinski definition) is 1. The first-order valence-corrected chi connectivity index (χ1v) is 9.99. The molecule has 0 spiro atoms. The molecular formula is C22H30N4O. The van der Waals surface area contributed by atoms with E-state index in [-0.39, 0.29) is 0 Å². The molecule has 0 aliphatic carbocycles. The van der Waals surface area contributed by atoms with Crippen molar-refractivity contribution in [1.29, 1.82) is 0 Å². The van der Waals surface area contributed by atoms with E-state index in [9.17, 15) is 0 Å². The lowest BCUT2D eigenvalue weighted by Gasteiger charge is -2.41. The number of likely N-dealkylation sites (N-methyl/N-ethyl adjacent to an activating group) is 1. The Morgan fingerprint density at radius 3 is 2.93 bits per heavy atom. The smallest absolute Gasteiger partial charge is 0.169 e. The molecule has 4 rings (SSSR count). The quantitative estimate of drug-likeness (QED) is 0.897. The van der Waals surface area contributed by atoms with Gasteiger partial charge in [-0.2, -0.15) is 0 Å². The van der Waals surface area contributed by atoms with Crippen molar-refractivity contribution in [2.45, 2.75) is 32.4 Å². The molecule has 1 aromatic heterocycles. The molecule has 144 valence electrons. The molecule has 2 aliphatic heterocycles. The number of anilines is 1. The third kappa shape index (κ3) is 3.80. The standard InChI is InChI=1S/C22H30N4O/c1-16(2)18-6-4-5-7-19(18)20-15-26(12-11-25(20)3)14-17-8-9-23-22-21(17)27-13-10-24-22/h4-9,16,20H,10-15H2,1-3H3,(H,23,24). The van der Waals surface area contributed by atoms with Crippen molar-refractivity contribution < 1.29 is 4.74 Å². The molecule has 2 aliphatic rings. The number of hydrogen-bond acceptors (Lipinski definition) is 5. The van der Waals surface area contributed by atoms with Gasteiger partial charge in [0.25, 0.3) is 0 Å². The number of nitrogens with one attached hydrogen (secondary N) is 1. The van der Waals surface area contributed by atoms with Crippen LogP contribution in [0.15, 0.2) is 36.5 Å². The molecule has 2 aromatic rings. The van der Waals surface area contributed by atoms with Crippen LogP contribution in [-0.4, -0.2) is 54.6 Å². The molecule has 0 bridgehead atoms. The highest BCUT2D eigenvalue weighted by atomic mass is 16.5. The van der Waals surface area contributed by atoms with Crippen molar-refractivity contribution in [2.75, 3.05) is 45.2 Å². The van der Waals surface area contributed by atoms with Gasteiger partial charge in [0, 0.05) is 44.0 Å². The van der Waals surface area contributed by atoms with Gasteiger partial charge >= 0.3 is 0 Å². The molecule has 1 unspecified atom stereocenters. The second kappa shape index (κ2) is 7.87. The fraction of sp³-hybridized carbons (Fsp3) is 0.500. The van der Waals surface area contributed by atoms with Crippen molar-refractivity contribution in [3.8, 4) is 5.75 Å². The van der Waals surface area contributed by atoms with Crippen LogP contribution in [-0.2, 0) is 6.54 Å². The van der Waals surface area contributed by atoms with E-state index < -0.39 is 0 Å². The molecular weight excluding hydrogens is 336 g/mol. The van der Waals surface area contributed by atoms with Gasteiger partial charge in [-0.1, -0.05) is 38.1 Å². The van der Waals surface area contributed by atoms with Crippen molar-refractivity contribution in [3.63, 3.8) is 0 Å². The predicted molar refractivity (Wildman–Crippen MR) is 109 cm³/mol. The summed E-state index contributed by atoms with van der Waals surface area (Å²) in [6, 6.07) is 11.4. The number of piperazine rings is 1. The Morgan fingerprint density at radius 2 is 2.07 bits per heavy atom. The molecule has 1 fully saturated rings. The summed E-state index contributed by atoms with van der Waals surface area (Å²) in [6.07, 6.45) is 1.89. The minimum absolute atomic E-state index is 0.425. The van der Waals surface area contributed by atoms with Gasteiger partial charge in [0.2, 0.25) is 0 Å². The molecule has 1 aromatic carbocycles. The monoisotopic (exact) mass is 366 g/mol. The van der Waals surface area contributed by atoms with Crippen LogP contribution in [0.3, 0.4) is 0 Å². The number of nitrogens with zero attached hydrogens (tertiary/aromatic N) is 3. The number of pyridine rings is 1. The van der Waals surface area contributed by atoms with Crippen LogP contribution in [0.2, 0.25) is 0 Å². The molecule has 27 heavy (non-hydrogen) atoms. The van der Waals surface area contributed by atoms with Crippen LogP contribution in [0.5, 0.6) is 5.75 Å². The zero-order valence-electron chi connectivity index (χ0n) is 16.6. The Labute approximate surface area is 162 Å². The lowest BCUT2D eigenvalue weighted by Crippen LogP contribution is -2.46. The van der Waals surface area contributed by atoms with Gasteiger partial charge in [-0.15, -0.1) is 0 Å². The van der Waals surface area contributed by atoms with Gasteiger partial charge in [-0.3, -0.25) is 9.80 Å². The number of ether oxygens (including phenoxy) is 1. The van der Waals surface area contributed by atoms with Gasteiger partial charge in [0.15, 0.2) is 11.6 Å². The van der Waals surface area contributed by atoms with E-state index in [1.54, 1.807) is 0 Å². The Morgan fingerprint density at radius 1 is 1.22 bits per heavy atom. The highest BCUT2D eigenvalue weighted by Gasteiger charge is 2.28. The highest BCUT2D eigenvalue weighted by Crippen LogP contribution is 2.33. The van der Waals surface area contributed by atoms with Gasteiger partial charge in [-0.25, -0.2) is 4.98 Å². The Kier molecular flexibility index (Phi) is 5.32. The Bertz CT molecular complexity index is 792. The molecule has 0 amide bonds. The summed E-state index contributed by atoms with van der Waals surface area (Å²) in [5.41, 5.74) is 4.16. The number of rotatable bonds is 4. The molecule has 1 N–H and O–H groups in total. The van der Waals surface area contributed by atoms with E-state index in [0.717, 1.165) is 44.3 Å². The predicted octanol–water partition coefficient (Wildman–Crippen LogP) is 3.50. The first-order chi connectivity index (χ1) is 13.1. The highest BCUT2D eigenvalue weighted by molar-refractivity contribution is 5.55. The second-order valence-electron chi connectivity index (χ2n) is 7.94. The summed E-state index contributed by atoms with van der Waals surface area (Å²) in [4.78, 5) is 9.46. The second-order valence-corrected chi connectivity index (χ2v) is 7.94. The number of fused-ring (bicyclic) bond motifs is 1. The fourth-order valence-corrected chi connectivity index (χ4v) is 4.21. The van der Waals surface area contributed by atoms with E-state index in [0.29, 0.717) is 18.6 Å². The van der Waals surface area contributed by atoms with Crippen LogP contribution >= 0.6 is 0 Å². The average molecular weight is 367 g/mol. The average Bonchev–Trinajstić information content (AvgIpc) is 2.70. The van der Waals surface area contributed by atoms with E-state index in [1.807, 2.05) is 6.20 Å². The number of aromatic nitrogens is 1. The summed E-state index contributed by atoms with van der Waals surface area (Å²) < 4.78 is 5.92. The lowest BCUT2D eigenvalue weighted by atomic mass is 9.91. The zero-order valence-corrected chi connectivity index (χ0v) is 16.6. The molecule has 0 radical (unpaired) electrons. The molecule has 5 nitrogen and oxygen atoms in total. The van der Waals surface area contributed by atoms with Gasteiger partial charge < -0.3 is 10.1 Å². The van der Waals surface area contributed by atoms with Gasteiger partial charge in [-0.05, 0) is 30.2 Å². The van der Waals surface area contributed by atoms with E-state index in [1.165, 1.54) is 16.7 Å². The van der Waals surface area contributed by atoms with Crippen molar-refractivity contribution in [2.24, 2.45) is 0 Å². The normalized spacial score (nSPS) is 20.8. The van der Waals surface area contributed by atoms with Crippen LogP contribution in [0.1, 0.15) is 42.5 Å². The molecule has 1 atom stereocenters. The first kappa shape index (κ1) is 18.3. The van der Waals surface area contributed by atoms with E-state index >= 15 is 0 Å². The molecule has 5 heteroatoms. The molecule has 0 saturated carbocycles. The third-order valence-electron chi connectivity index (χ3n) is 5.73. The molecule has 1 saturated heterocycles. The van der Waals surface area contributed by atoms with Crippen LogP contribution in [0.25, 0.3) is 0 Å². The maximum absolute atomic E-state index is 5.92. The molecule has 3 heterocycles. The summed E-state index contributed by atoms with van der Waals surface area (Å²) in [5, 5.41) is 3.34. The maximum Gasteiger partial charge on any atom is 0.169 e. The first-order valence-electron chi connectivity index (χ1n) is 9.99. The fourth-order valence-electron chi connectivity index (χ4n) is 4.21. The summed E-state index contributed by atoms with van der Waals surface area (Å²) >= 11 is 0. The summed E-state index contributed by atoms with van der Waals surface area (Å²) in [7, 11) is 2.25. The van der Waals surface area contributed by atoms with Crippen LogP contribution in [0, 0.1) is 0 Å². The maximum atomic E-state index is 5.92. The topological polar surface area (TPSA) is 40.6 Å². The SMILES string of the molecule is CC(C)c1ccccc1C1CN(Cc2ccnc3c2OCCN3)CCN1C. The van der Waals surface area contributed by atoms with E-state index in [2.05, 4.69) is 71.3 Å². The van der Waals surface area contributed by atoms with Gasteiger partial charge in [0.05, 0.1) is 6.54 Å². The third-order valence-corrected chi connectivity index (χ3v) is 5.73. The minimum Gasteiger partial charge on any atom is -0.488 e. The van der Waals surface area contributed by atoms with Crippen molar-refractivity contribution in [3.05, 3.63) is 53.2 Å². The lowest BCUT2D eigenvalue weighted by molar-refractivity contribution is 0.0891. The van der Waals surface area contributed by atoms with Crippen LogP contribution < -0.4 is 10.1 Å². The number of benzene rings is 1. The minimum atomic E-state index is 0.425. The van der Waals surface area contributed by atoms with Crippen molar-refractivity contribution >= 4 is 5.82 Å². The van der Waals surface area contributed by atoms with E-state index in [4.69, 9.17) is 4.74 Å². The van der Waals surface area contributed by atoms with Crippen LogP contribution in [0.4, 0.5) is 5.82 Å². The summed E-state index contributed by atoms with van der Waals surface area (Å²) in [5.74, 6) is 2.35. The zero-order chi connectivity index (χ0) is 18.8. The Hall–Kier alpha value is -2.11.